The Balaban J connectivity index is 2.18. The van der Waals surface area contributed by atoms with Gasteiger partial charge in [-0.25, -0.2) is 0 Å². The monoisotopic (exact) mass is 312 g/mol. The number of thiophene rings is 1. The van der Waals surface area contributed by atoms with Gasteiger partial charge in [0.1, 0.15) is 0 Å². The molecule has 20 heavy (non-hydrogen) atoms. The molecule has 2 rings (SSSR count). The Bertz CT molecular complexity index is 446. The van der Waals surface area contributed by atoms with Crippen molar-refractivity contribution in [1.29, 1.82) is 0 Å². The fraction of sp³-hybridized carbons (Fsp3) is 0.750. The zero-order valence-electron chi connectivity index (χ0n) is 13.4. The summed E-state index contributed by atoms with van der Waals surface area (Å²) in [5.74, 6) is 1.21. The Morgan fingerprint density at radius 3 is 2.55 bits per heavy atom. The first kappa shape index (κ1) is 16.3. The molecule has 2 nitrogen and oxygen atoms in total. The Morgan fingerprint density at radius 2 is 2.05 bits per heavy atom. The number of nitrogens with two attached hydrogens (primary N) is 1. The molecule has 0 saturated carbocycles. The van der Waals surface area contributed by atoms with Crippen molar-refractivity contribution in [2.75, 3.05) is 25.4 Å². The van der Waals surface area contributed by atoms with Gasteiger partial charge < -0.3 is 5.73 Å². The minimum Gasteiger partial charge on any atom is -0.329 e. The Kier molecular flexibility index (Phi) is 4.90. The van der Waals surface area contributed by atoms with E-state index in [1.54, 1.807) is 0 Å². The van der Waals surface area contributed by atoms with Crippen LogP contribution in [0.2, 0.25) is 0 Å². The fourth-order valence-electron chi connectivity index (χ4n) is 2.70. The molecule has 0 amide bonds. The summed E-state index contributed by atoms with van der Waals surface area (Å²) in [6, 6.07) is 4.96. The summed E-state index contributed by atoms with van der Waals surface area (Å²) < 4.78 is 0.343. The van der Waals surface area contributed by atoms with E-state index < -0.39 is 0 Å². The number of nitrogens with zero attached hydrogens (tertiary/aromatic N) is 1. The van der Waals surface area contributed by atoms with E-state index in [2.05, 4.69) is 63.4 Å². The average Bonchev–Trinajstić information content (AvgIpc) is 2.78. The number of rotatable bonds is 3. The zero-order chi connectivity index (χ0) is 15.0. The molecule has 0 aliphatic carbocycles. The summed E-state index contributed by atoms with van der Waals surface area (Å²) in [6.07, 6.45) is 0. The van der Waals surface area contributed by atoms with Gasteiger partial charge in [-0.15, -0.1) is 11.3 Å². The molecule has 1 aliphatic heterocycles. The summed E-state index contributed by atoms with van der Waals surface area (Å²) in [7, 11) is 0. The van der Waals surface area contributed by atoms with Crippen molar-refractivity contribution < 1.29 is 0 Å². The molecule has 1 unspecified atom stereocenters. The zero-order valence-corrected chi connectivity index (χ0v) is 15.0. The summed E-state index contributed by atoms with van der Waals surface area (Å²) in [5.41, 5.74) is 6.34. The fourth-order valence-corrected chi connectivity index (χ4v) is 5.05. The van der Waals surface area contributed by atoms with Crippen molar-refractivity contribution in [2.24, 2.45) is 5.73 Å². The van der Waals surface area contributed by atoms with E-state index >= 15 is 0 Å². The highest BCUT2D eigenvalue weighted by Gasteiger charge is 2.32. The maximum atomic E-state index is 6.10. The minimum absolute atomic E-state index is 0.235. The smallest absolute Gasteiger partial charge is 0.0565 e. The van der Waals surface area contributed by atoms with Gasteiger partial charge in [-0.05, 0) is 31.4 Å². The molecule has 0 radical (unpaired) electrons. The lowest BCUT2D eigenvalue weighted by Gasteiger charge is -2.41. The lowest BCUT2D eigenvalue weighted by Crippen LogP contribution is -2.46. The van der Waals surface area contributed by atoms with E-state index in [0.29, 0.717) is 17.3 Å². The van der Waals surface area contributed by atoms with Gasteiger partial charge in [0, 0.05) is 39.9 Å². The van der Waals surface area contributed by atoms with Crippen molar-refractivity contribution in [2.45, 2.75) is 50.8 Å². The molecule has 2 heterocycles. The molecule has 0 spiro atoms. The number of hydrogen-bond donors (Lipinski definition) is 1. The third-order valence-corrected chi connectivity index (χ3v) is 6.72. The lowest BCUT2D eigenvalue weighted by atomic mass is 9.95. The highest BCUT2D eigenvalue weighted by molar-refractivity contribution is 8.00. The highest BCUT2D eigenvalue weighted by Crippen LogP contribution is 2.37. The van der Waals surface area contributed by atoms with E-state index in [4.69, 9.17) is 5.73 Å². The largest absolute Gasteiger partial charge is 0.329 e. The van der Waals surface area contributed by atoms with Crippen LogP contribution in [0.4, 0.5) is 0 Å². The molecule has 1 aliphatic rings. The molecule has 1 aromatic rings. The highest BCUT2D eigenvalue weighted by atomic mass is 32.2. The quantitative estimate of drug-likeness (QED) is 0.918. The van der Waals surface area contributed by atoms with Gasteiger partial charge in [-0.1, -0.05) is 20.8 Å². The Hall–Kier alpha value is -0.0300. The molecular weight excluding hydrogens is 284 g/mol. The molecule has 0 bridgehead atoms. The van der Waals surface area contributed by atoms with E-state index in [-0.39, 0.29) is 5.41 Å². The molecule has 2 N–H and O–H groups in total. The molecule has 4 heteroatoms. The van der Waals surface area contributed by atoms with E-state index in [9.17, 15) is 0 Å². The first-order chi connectivity index (χ1) is 9.23. The lowest BCUT2D eigenvalue weighted by molar-refractivity contribution is 0.195. The van der Waals surface area contributed by atoms with Crippen molar-refractivity contribution in [3.63, 3.8) is 0 Å². The van der Waals surface area contributed by atoms with Crippen LogP contribution in [-0.4, -0.2) is 35.0 Å². The SMILES string of the molecule is CC1(C)CN(C(CN)c2ccc(C(C)(C)C)s2)CCS1. The van der Waals surface area contributed by atoms with Gasteiger partial charge >= 0.3 is 0 Å². The van der Waals surface area contributed by atoms with Crippen molar-refractivity contribution >= 4 is 23.1 Å². The molecule has 1 fully saturated rings. The van der Waals surface area contributed by atoms with Crippen LogP contribution in [-0.2, 0) is 5.41 Å². The summed E-state index contributed by atoms with van der Waals surface area (Å²) >= 11 is 4.02. The first-order valence-corrected chi connectivity index (χ1v) is 9.21. The Morgan fingerprint density at radius 1 is 1.35 bits per heavy atom. The third-order valence-electron chi connectivity index (χ3n) is 3.81. The van der Waals surface area contributed by atoms with Crippen molar-refractivity contribution in [3.8, 4) is 0 Å². The third kappa shape index (κ3) is 3.79. The average molecular weight is 313 g/mol. The van der Waals surface area contributed by atoms with Crippen LogP contribution in [0.5, 0.6) is 0 Å². The normalized spacial score (nSPS) is 21.9. The van der Waals surface area contributed by atoms with E-state index in [1.165, 1.54) is 15.5 Å². The van der Waals surface area contributed by atoms with Crippen molar-refractivity contribution in [1.82, 2.24) is 4.90 Å². The second kappa shape index (κ2) is 5.99. The van der Waals surface area contributed by atoms with Crippen LogP contribution < -0.4 is 5.73 Å². The van der Waals surface area contributed by atoms with Crippen molar-refractivity contribution in [3.05, 3.63) is 21.9 Å². The molecule has 114 valence electrons. The van der Waals surface area contributed by atoms with E-state index in [0.717, 1.165) is 13.1 Å². The number of thioether (sulfide) groups is 1. The van der Waals surface area contributed by atoms with Gasteiger partial charge in [-0.2, -0.15) is 11.8 Å². The van der Waals surface area contributed by atoms with Gasteiger partial charge in [0.15, 0.2) is 0 Å². The predicted molar refractivity (Wildman–Crippen MR) is 92.9 cm³/mol. The number of hydrogen-bond acceptors (Lipinski definition) is 4. The van der Waals surface area contributed by atoms with Crippen LogP contribution in [0.1, 0.15) is 50.4 Å². The summed E-state index contributed by atoms with van der Waals surface area (Å²) in [6.45, 7) is 14.5. The topological polar surface area (TPSA) is 29.3 Å². The van der Waals surface area contributed by atoms with Gasteiger partial charge in [0.25, 0.3) is 0 Å². The van der Waals surface area contributed by atoms with Crippen LogP contribution >= 0.6 is 23.1 Å². The second-order valence-corrected chi connectivity index (χ2v) is 10.2. The summed E-state index contributed by atoms with van der Waals surface area (Å²) in [5, 5.41) is 0. The second-order valence-electron chi connectivity index (χ2n) is 7.28. The minimum atomic E-state index is 0.235. The summed E-state index contributed by atoms with van der Waals surface area (Å²) in [4.78, 5) is 5.46. The predicted octanol–water partition coefficient (Wildman–Crippen LogP) is 3.87. The molecule has 0 aromatic carbocycles. The maximum absolute atomic E-state index is 6.10. The van der Waals surface area contributed by atoms with Crippen LogP contribution in [0.15, 0.2) is 12.1 Å². The van der Waals surface area contributed by atoms with Crippen LogP contribution in [0, 0.1) is 0 Å². The maximum Gasteiger partial charge on any atom is 0.0565 e. The van der Waals surface area contributed by atoms with Crippen LogP contribution in [0.3, 0.4) is 0 Å². The standard InChI is InChI=1S/C16H28N2S2/c1-15(2,3)14-7-6-13(20-14)12(10-17)18-8-9-19-16(4,5)11-18/h6-7,12H,8-11,17H2,1-5H3. The first-order valence-electron chi connectivity index (χ1n) is 7.41. The van der Waals surface area contributed by atoms with Gasteiger partial charge in [0.2, 0.25) is 0 Å². The van der Waals surface area contributed by atoms with Crippen LogP contribution in [0.25, 0.3) is 0 Å². The molecule has 1 aromatic heterocycles. The molecule has 1 saturated heterocycles. The Labute approximate surface area is 132 Å². The molecular formula is C16H28N2S2. The van der Waals surface area contributed by atoms with E-state index in [1.807, 2.05) is 11.3 Å². The molecule has 1 atom stereocenters. The van der Waals surface area contributed by atoms with Gasteiger partial charge in [0.05, 0.1) is 6.04 Å². The van der Waals surface area contributed by atoms with Gasteiger partial charge in [-0.3, -0.25) is 4.90 Å².